The van der Waals surface area contributed by atoms with Gasteiger partial charge in [-0.05, 0) is 23.8 Å². The summed E-state index contributed by atoms with van der Waals surface area (Å²) in [6, 6.07) is 14.0. The Labute approximate surface area is 127 Å². The van der Waals surface area contributed by atoms with Crippen LogP contribution in [0.25, 0.3) is 22.0 Å². The predicted molar refractivity (Wildman–Crippen MR) is 85.4 cm³/mol. The zero-order valence-corrected chi connectivity index (χ0v) is 12.6. The van der Waals surface area contributed by atoms with Crippen LogP contribution in [0.1, 0.15) is 10.5 Å². The molecule has 0 radical (unpaired) electrons. The van der Waals surface area contributed by atoms with Crippen LogP contribution in [0.3, 0.4) is 0 Å². The summed E-state index contributed by atoms with van der Waals surface area (Å²) in [4.78, 5) is 14.9. The molecule has 3 N–H and O–H groups in total. The molecule has 0 fully saturated rings. The number of fused-ring (bicyclic) bond motifs is 1. The minimum absolute atomic E-state index is 0.201. The van der Waals surface area contributed by atoms with E-state index in [0.29, 0.717) is 16.5 Å². The molecule has 112 valence electrons. The van der Waals surface area contributed by atoms with Crippen molar-refractivity contribution < 1.29 is 13.2 Å². The second kappa shape index (κ2) is 4.99. The molecular formula is C16H14N2O3S. The first-order valence-electron chi connectivity index (χ1n) is 6.59. The van der Waals surface area contributed by atoms with Crippen LogP contribution in [-0.2, 0) is 9.84 Å². The summed E-state index contributed by atoms with van der Waals surface area (Å²) < 4.78 is 23.5. The van der Waals surface area contributed by atoms with Crippen LogP contribution < -0.4 is 5.73 Å². The molecule has 22 heavy (non-hydrogen) atoms. The van der Waals surface area contributed by atoms with Gasteiger partial charge in [0.1, 0.15) is 5.69 Å². The number of hydrogen-bond donors (Lipinski definition) is 2. The average molecular weight is 314 g/mol. The molecule has 3 aromatic rings. The molecule has 5 nitrogen and oxygen atoms in total. The van der Waals surface area contributed by atoms with E-state index >= 15 is 0 Å². The Morgan fingerprint density at radius 1 is 1.09 bits per heavy atom. The van der Waals surface area contributed by atoms with Crippen LogP contribution >= 0.6 is 0 Å². The van der Waals surface area contributed by atoms with Crippen molar-refractivity contribution in [3.63, 3.8) is 0 Å². The molecule has 0 atom stereocenters. The number of hydrogen-bond acceptors (Lipinski definition) is 3. The Kier molecular flexibility index (Phi) is 3.26. The Balaban J connectivity index is 2.40. The topological polar surface area (TPSA) is 93.0 Å². The molecule has 0 unspecified atom stereocenters. The number of aromatic amines is 1. The number of rotatable bonds is 3. The molecule has 3 rings (SSSR count). The number of nitrogens with two attached hydrogens (primary N) is 1. The fourth-order valence-corrected chi connectivity index (χ4v) is 3.14. The summed E-state index contributed by atoms with van der Waals surface area (Å²) in [5.74, 6) is -0.587. The second-order valence-electron chi connectivity index (χ2n) is 5.08. The molecular weight excluding hydrogens is 300 g/mol. The van der Waals surface area contributed by atoms with E-state index in [4.69, 9.17) is 5.73 Å². The molecule has 1 heterocycles. The van der Waals surface area contributed by atoms with Crippen molar-refractivity contribution in [1.82, 2.24) is 4.98 Å². The number of H-pyrrole nitrogens is 1. The third-order valence-electron chi connectivity index (χ3n) is 3.51. The third kappa shape index (κ3) is 2.37. The highest BCUT2D eigenvalue weighted by atomic mass is 32.2. The summed E-state index contributed by atoms with van der Waals surface area (Å²) in [5.41, 5.74) is 7.81. The maximum atomic E-state index is 11.8. The van der Waals surface area contributed by atoms with E-state index in [9.17, 15) is 13.2 Å². The van der Waals surface area contributed by atoms with Gasteiger partial charge in [0, 0.05) is 22.7 Å². The van der Waals surface area contributed by atoms with Gasteiger partial charge < -0.3 is 10.7 Å². The largest absolute Gasteiger partial charge is 0.364 e. The van der Waals surface area contributed by atoms with Gasteiger partial charge in [-0.2, -0.15) is 0 Å². The molecule has 0 aliphatic rings. The lowest BCUT2D eigenvalue weighted by Gasteiger charge is -2.03. The maximum absolute atomic E-state index is 11.8. The van der Waals surface area contributed by atoms with Crippen LogP contribution in [-0.4, -0.2) is 25.6 Å². The summed E-state index contributed by atoms with van der Waals surface area (Å²) in [7, 11) is -3.33. The fraction of sp³-hybridized carbons (Fsp3) is 0.0625. The smallest absolute Gasteiger partial charge is 0.265 e. The fourth-order valence-electron chi connectivity index (χ4n) is 2.49. The van der Waals surface area contributed by atoms with E-state index in [1.165, 1.54) is 6.07 Å². The van der Waals surface area contributed by atoms with E-state index < -0.39 is 15.7 Å². The highest BCUT2D eigenvalue weighted by Crippen LogP contribution is 2.33. The molecule has 0 bridgehead atoms. The summed E-state index contributed by atoms with van der Waals surface area (Å²) in [6.07, 6.45) is 1.15. The standard InChI is InChI=1S/C16H14N2O3S/c1-22(20,21)11-7-8-13-12(9-11)14(15(18-13)16(17)19)10-5-3-2-4-6-10/h2-9,18H,1H3,(H2,17,19). The van der Waals surface area contributed by atoms with Gasteiger partial charge in [-0.25, -0.2) is 8.42 Å². The van der Waals surface area contributed by atoms with Crippen molar-refractivity contribution in [3.8, 4) is 11.1 Å². The van der Waals surface area contributed by atoms with Crippen LogP contribution in [0.15, 0.2) is 53.4 Å². The number of nitrogens with one attached hydrogen (secondary N) is 1. The molecule has 1 amide bonds. The third-order valence-corrected chi connectivity index (χ3v) is 4.62. The number of amides is 1. The Bertz CT molecular complexity index is 973. The van der Waals surface area contributed by atoms with E-state index in [-0.39, 0.29) is 10.6 Å². The van der Waals surface area contributed by atoms with E-state index in [1.807, 2.05) is 30.3 Å². The molecule has 0 saturated carbocycles. The van der Waals surface area contributed by atoms with Crippen molar-refractivity contribution in [2.24, 2.45) is 5.73 Å². The highest BCUT2D eigenvalue weighted by Gasteiger charge is 2.19. The van der Waals surface area contributed by atoms with Gasteiger partial charge in [-0.1, -0.05) is 30.3 Å². The molecule has 0 spiro atoms. The van der Waals surface area contributed by atoms with Gasteiger partial charge >= 0.3 is 0 Å². The number of primary amides is 1. The van der Waals surface area contributed by atoms with Gasteiger partial charge in [0.2, 0.25) is 0 Å². The van der Waals surface area contributed by atoms with Gasteiger partial charge in [-0.3, -0.25) is 4.79 Å². The Morgan fingerprint density at radius 2 is 1.77 bits per heavy atom. The summed E-state index contributed by atoms with van der Waals surface area (Å²) in [5, 5.41) is 0.655. The summed E-state index contributed by atoms with van der Waals surface area (Å²) >= 11 is 0. The van der Waals surface area contributed by atoms with Crippen LogP contribution in [0.5, 0.6) is 0 Å². The van der Waals surface area contributed by atoms with Crippen molar-refractivity contribution in [3.05, 3.63) is 54.2 Å². The van der Waals surface area contributed by atoms with E-state index in [2.05, 4.69) is 4.98 Å². The molecule has 6 heteroatoms. The van der Waals surface area contributed by atoms with Crippen LogP contribution in [0.4, 0.5) is 0 Å². The highest BCUT2D eigenvalue weighted by molar-refractivity contribution is 7.90. The number of carbonyl (C=O) groups excluding carboxylic acids is 1. The average Bonchev–Trinajstić information content (AvgIpc) is 2.86. The zero-order chi connectivity index (χ0) is 15.9. The van der Waals surface area contributed by atoms with Gasteiger partial charge in [0.25, 0.3) is 5.91 Å². The van der Waals surface area contributed by atoms with Crippen molar-refractivity contribution >= 4 is 26.6 Å². The molecule has 2 aromatic carbocycles. The number of aromatic nitrogens is 1. The van der Waals surface area contributed by atoms with Gasteiger partial charge in [-0.15, -0.1) is 0 Å². The molecule has 0 aliphatic carbocycles. The molecule has 0 saturated heterocycles. The number of carbonyl (C=O) groups is 1. The SMILES string of the molecule is CS(=O)(=O)c1ccc2[nH]c(C(N)=O)c(-c3ccccc3)c2c1. The first kappa shape index (κ1) is 14.3. The lowest BCUT2D eigenvalue weighted by Crippen LogP contribution is -2.12. The van der Waals surface area contributed by atoms with Gasteiger partial charge in [0.15, 0.2) is 9.84 Å². The minimum Gasteiger partial charge on any atom is -0.364 e. The first-order valence-corrected chi connectivity index (χ1v) is 8.48. The predicted octanol–water partition coefficient (Wildman–Crippen LogP) is 2.34. The summed E-state index contributed by atoms with van der Waals surface area (Å²) in [6.45, 7) is 0. The lowest BCUT2D eigenvalue weighted by atomic mass is 10.0. The Hall–Kier alpha value is -2.60. The zero-order valence-electron chi connectivity index (χ0n) is 11.8. The number of sulfone groups is 1. The normalized spacial score (nSPS) is 11.7. The first-order chi connectivity index (χ1) is 10.4. The lowest BCUT2D eigenvalue weighted by molar-refractivity contribution is 0.0997. The van der Waals surface area contributed by atoms with E-state index in [1.54, 1.807) is 12.1 Å². The Morgan fingerprint density at radius 3 is 2.36 bits per heavy atom. The monoisotopic (exact) mass is 314 g/mol. The van der Waals surface area contributed by atoms with E-state index in [0.717, 1.165) is 11.8 Å². The molecule has 1 aromatic heterocycles. The van der Waals surface area contributed by atoms with Crippen molar-refractivity contribution in [1.29, 1.82) is 0 Å². The quantitative estimate of drug-likeness (QED) is 0.777. The minimum atomic E-state index is -3.33. The second-order valence-corrected chi connectivity index (χ2v) is 7.10. The van der Waals surface area contributed by atoms with Crippen molar-refractivity contribution in [2.75, 3.05) is 6.26 Å². The van der Waals surface area contributed by atoms with Crippen LogP contribution in [0, 0.1) is 0 Å². The van der Waals surface area contributed by atoms with Crippen LogP contribution in [0.2, 0.25) is 0 Å². The molecule has 0 aliphatic heterocycles. The maximum Gasteiger partial charge on any atom is 0.265 e. The van der Waals surface area contributed by atoms with Crippen molar-refractivity contribution in [2.45, 2.75) is 4.90 Å². The number of benzene rings is 2. The van der Waals surface area contributed by atoms with Gasteiger partial charge in [0.05, 0.1) is 4.90 Å².